The number of fused-ring (bicyclic) bond motifs is 2. The van der Waals surface area contributed by atoms with E-state index in [1.807, 2.05) is 0 Å². The third-order valence-electron chi connectivity index (χ3n) is 3.86. The predicted octanol–water partition coefficient (Wildman–Crippen LogP) is 4.06. The third-order valence-corrected chi connectivity index (χ3v) is 4.16. The van der Waals surface area contributed by atoms with Gasteiger partial charge < -0.3 is 4.74 Å². The highest BCUT2D eigenvalue weighted by atomic mass is 35.5. The van der Waals surface area contributed by atoms with Gasteiger partial charge in [0.15, 0.2) is 5.65 Å². The second-order valence-electron chi connectivity index (χ2n) is 5.61. The molecule has 0 saturated carbocycles. The molecule has 0 bridgehead atoms. The van der Waals surface area contributed by atoms with E-state index < -0.39 is 12.6 Å². The van der Waals surface area contributed by atoms with Crippen molar-refractivity contribution in [3.63, 3.8) is 0 Å². The fourth-order valence-electron chi connectivity index (χ4n) is 2.80. The molecular weight excluding hydrogens is 371 g/mol. The number of alkyl halides is 3. The highest BCUT2D eigenvalue weighted by Gasteiger charge is 2.32. The zero-order valence-electron chi connectivity index (χ0n) is 13.3. The molecule has 0 atom stereocenters. The number of H-pyrrole nitrogens is 1. The van der Waals surface area contributed by atoms with Gasteiger partial charge in [-0.05, 0) is 18.2 Å². The highest BCUT2D eigenvalue weighted by Crippen LogP contribution is 2.31. The van der Waals surface area contributed by atoms with E-state index in [9.17, 15) is 13.2 Å². The van der Waals surface area contributed by atoms with Crippen molar-refractivity contribution >= 4 is 33.7 Å². The second-order valence-corrected chi connectivity index (χ2v) is 6.02. The number of aromatic nitrogens is 5. The fourth-order valence-corrected chi connectivity index (χ4v) is 3.06. The fraction of sp³-hybridized carbons (Fsp3) is 0.188. The number of pyridine rings is 1. The van der Waals surface area contributed by atoms with Crippen LogP contribution in [0.3, 0.4) is 0 Å². The summed E-state index contributed by atoms with van der Waals surface area (Å²) in [6.07, 6.45) is -4.08. The van der Waals surface area contributed by atoms with E-state index in [-0.39, 0.29) is 17.4 Å². The molecule has 0 unspecified atom stereocenters. The molecule has 4 aromatic rings. The lowest BCUT2D eigenvalue weighted by molar-refractivity contribution is -0.128. The van der Waals surface area contributed by atoms with Gasteiger partial charge in [-0.1, -0.05) is 11.6 Å². The first-order chi connectivity index (χ1) is 12.4. The lowest BCUT2D eigenvalue weighted by Crippen LogP contribution is -2.16. The summed E-state index contributed by atoms with van der Waals surface area (Å²) >= 11 is 6.24. The first kappa shape index (κ1) is 16.6. The molecule has 6 nitrogen and oxygen atoms in total. The average Bonchev–Trinajstić information content (AvgIpc) is 3.16. The molecule has 0 radical (unpaired) electrons. The molecule has 3 heterocycles. The Bertz CT molecular complexity index is 1120. The number of aromatic amines is 1. The van der Waals surface area contributed by atoms with Gasteiger partial charge in [-0.15, -0.1) is 0 Å². The average molecular weight is 382 g/mol. The Balaban J connectivity index is 2.01. The summed E-state index contributed by atoms with van der Waals surface area (Å²) in [7, 11) is 1.43. The Morgan fingerprint density at radius 1 is 1.23 bits per heavy atom. The van der Waals surface area contributed by atoms with Crippen LogP contribution in [0.15, 0.2) is 30.5 Å². The van der Waals surface area contributed by atoms with E-state index >= 15 is 0 Å². The first-order valence-electron chi connectivity index (χ1n) is 7.48. The molecule has 0 spiro atoms. The quantitative estimate of drug-likeness (QED) is 0.581. The lowest BCUT2D eigenvalue weighted by atomic mass is 10.2. The van der Waals surface area contributed by atoms with Crippen LogP contribution in [0.5, 0.6) is 5.88 Å². The van der Waals surface area contributed by atoms with Crippen molar-refractivity contribution in [3.05, 3.63) is 41.3 Å². The number of imidazole rings is 1. The van der Waals surface area contributed by atoms with E-state index in [0.29, 0.717) is 27.1 Å². The summed E-state index contributed by atoms with van der Waals surface area (Å²) in [6.45, 7) is 0. The monoisotopic (exact) mass is 381 g/mol. The van der Waals surface area contributed by atoms with Crippen LogP contribution in [0, 0.1) is 0 Å². The molecule has 0 aliphatic rings. The van der Waals surface area contributed by atoms with Crippen molar-refractivity contribution in [3.8, 4) is 11.6 Å². The summed E-state index contributed by atoms with van der Waals surface area (Å²) in [4.78, 5) is 8.37. The summed E-state index contributed by atoms with van der Waals surface area (Å²) in [5.41, 5.74) is 1.59. The van der Waals surface area contributed by atoms with Crippen LogP contribution in [-0.2, 0) is 6.42 Å². The van der Waals surface area contributed by atoms with Gasteiger partial charge in [-0.3, -0.25) is 9.67 Å². The minimum Gasteiger partial charge on any atom is -0.481 e. The van der Waals surface area contributed by atoms with Crippen molar-refractivity contribution in [1.29, 1.82) is 0 Å². The molecule has 0 fully saturated rings. The molecule has 134 valence electrons. The molecular formula is C16H11ClF3N5O. The largest absolute Gasteiger partial charge is 0.481 e. The van der Waals surface area contributed by atoms with Gasteiger partial charge in [0, 0.05) is 11.5 Å². The van der Waals surface area contributed by atoms with Crippen molar-refractivity contribution < 1.29 is 17.9 Å². The van der Waals surface area contributed by atoms with Gasteiger partial charge in [-0.2, -0.15) is 23.3 Å². The van der Waals surface area contributed by atoms with E-state index in [0.717, 1.165) is 0 Å². The molecule has 10 heteroatoms. The van der Waals surface area contributed by atoms with Crippen LogP contribution < -0.4 is 4.74 Å². The Kier molecular flexibility index (Phi) is 3.76. The molecule has 4 rings (SSSR count). The molecule has 26 heavy (non-hydrogen) atoms. The van der Waals surface area contributed by atoms with Gasteiger partial charge in [0.1, 0.15) is 17.8 Å². The molecule has 0 amide bonds. The first-order valence-corrected chi connectivity index (χ1v) is 7.85. The van der Waals surface area contributed by atoms with E-state index in [4.69, 9.17) is 16.3 Å². The highest BCUT2D eigenvalue weighted by molar-refractivity contribution is 6.35. The third kappa shape index (κ3) is 2.84. The molecule has 1 aromatic carbocycles. The smallest absolute Gasteiger partial charge is 0.396 e. The maximum absolute atomic E-state index is 13.1. The summed E-state index contributed by atoms with van der Waals surface area (Å²) in [5, 5.41) is 7.65. The zero-order chi connectivity index (χ0) is 18.5. The van der Waals surface area contributed by atoms with Crippen LogP contribution >= 0.6 is 11.6 Å². The number of rotatable bonds is 3. The molecule has 3 aromatic heterocycles. The minimum absolute atomic E-state index is 0.188. The van der Waals surface area contributed by atoms with E-state index in [1.165, 1.54) is 11.7 Å². The Hall–Kier alpha value is -2.81. The minimum atomic E-state index is -4.42. The number of hydrogen-bond acceptors (Lipinski definition) is 4. The topological polar surface area (TPSA) is 68.6 Å². The normalized spacial score (nSPS) is 12.2. The van der Waals surface area contributed by atoms with Crippen LogP contribution in [0.2, 0.25) is 5.02 Å². The van der Waals surface area contributed by atoms with Crippen LogP contribution in [-0.4, -0.2) is 38.0 Å². The maximum Gasteiger partial charge on any atom is 0.396 e. The number of methoxy groups -OCH3 is 1. The number of benzene rings is 1. The molecule has 0 saturated heterocycles. The number of hydrogen-bond donors (Lipinski definition) is 1. The van der Waals surface area contributed by atoms with Gasteiger partial charge in [0.25, 0.3) is 0 Å². The molecule has 0 aliphatic heterocycles. The van der Waals surface area contributed by atoms with Gasteiger partial charge >= 0.3 is 6.18 Å². The van der Waals surface area contributed by atoms with Gasteiger partial charge in [-0.25, -0.2) is 4.98 Å². The van der Waals surface area contributed by atoms with Gasteiger partial charge in [0.2, 0.25) is 5.88 Å². The number of ether oxygens (including phenoxy) is 1. The SMILES string of the molecule is COc1ccc2nc(CC(F)(F)F)n(-c3cc(Cl)c4[nH]ncc4c3)c2n1. The standard InChI is InChI=1S/C16H11ClF3N5O/c1-26-13-3-2-11-15(23-13)25(12(22-11)6-16(18,19)20)9-4-8-7-21-24-14(8)10(17)5-9/h2-5,7H,6H2,1H3,(H,21,24). The Morgan fingerprint density at radius 2 is 2.04 bits per heavy atom. The summed E-state index contributed by atoms with van der Waals surface area (Å²) in [5.74, 6) is 0.0832. The van der Waals surface area contributed by atoms with Crippen molar-refractivity contribution in [1.82, 2.24) is 24.7 Å². The van der Waals surface area contributed by atoms with Crippen molar-refractivity contribution in [2.75, 3.05) is 7.11 Å². The zero-order valence-corrected chi connectivity index (χ0v) is 14.1. The van der Waals surface area contributed by atoms with E-state index in [1.54, 1.807) is 30.5 Å². The number of halogens is 4. The number of nitrogens with zero attached hydrogens (tertiary/aromatic N) is 4. The number of nitrogens with one attached hydrogen (secondary N) is 1. The van der Waals surface area contributed by atoms with Crippen molar-refractivity contribution in [2.24, 2.45) is 0 Å². The van der Waals surface area contributed by atoms with E-state index in [2.05, 4.69) is 20.2 Å². The molecule has 1 N–H and O–H groups in total. The Morgan fingerprint density at radius 3 is 2.77 bits per heavy atom. The summed E-state index contributed by atoms with van der Waals surface area (Å²) < 4.78 is 45.6. The van der Waals surface area contributed by atoms with Crippen LogP contribution in [0.1, 0.15) is 5.82 Å². The lowest BCUT2D eigenvalue weighted by Gasteiger charge is -2.11. The van der Waals surface area contributed by atoms with Gasteiger partial charge in [0.05, 0.1) is 29.5 Å². The second kappa shape index (κ2) is 5.87. The van der Waals surface area contributed by atoms with Crippen LogP contribution in [0.25, 0.3) is 27.8 Å². The predicted molar refractivity (Wildman–Crippen MR) is 89.8 cm³/mol. The summed E-state index contributed by atoms with van der Waals surface area (Å²) in [6, 6.07) is 6.33. The Labute approximate surface area is 149 Å². The maximum atomic E-state index is 13.1. The van der Waals surface area contributed by atoms with Crippen molar-refractivity contribution in [2.45, 2.75) is 12.6 Å². The molecule has 0 aliphatic carbocycles. The van der Waals surface area contributed by atoms with Crippen LogP contribution in [0.4, 0.5) is 13.2 Å².